The first-order valence-corrected chi connectivity index (χ1v) is 4.74. The van der Waals surface area contributed by atoms with Crippen LogP contribution >= 0.6 is 0 Å². The number of carbonyl (C=O) groups is 2. The van der Waals surface area contributed by atoms with E-state index in [1.165, 1.54) is 0 Å². The second kappa shape index (κ2) is 4.08. The first-order chi connectivity index (χ1) is 7.25. The van der Waals surface area contributed by atoms with Crippen LogP contribution in [0.5, 0.6) is 0 Å². The molecule has 1 saturated heterocycles. The molecule has 5 nitrogen and oxygen atoms in total. The molecular formula is C10H11N3O2. The van der Waals surface area contributed by atoms with E-state index in [9.17, 15) is 9.59 Å². The van der Waals surface area contributed by atoms with Crippen LogP contribution in [0.3, 0.4) is 0 Å². The van der Waals surface area contributed by atoms with E-state index < -0.39 is 0 Å². The summed E-state index contributed by atoms with van der Waals surface area (Å²) in [6.07, 6.45) is 1.91. The van der Waals surface area contributed by atoms with Crippen molar-refractivity contribution in [2.24, 2.45) is 0 Å². The molecule has 1 unspecified atom stereocenters. The van der Waals surface area contributed by atoms with E-state index in [4.69, 9.17) is 0 Å². The van der Waals surface area contributed by atoms with Crippen LogP contribution in [-0.2, 0) is 4.79 Å². The van der Waals surface area contributed by atoms with Gasteiger partial charge in [0.1, 0.15) is 5.69 Å². The number of hydrogen-bond donors (Lipinski definition) is 2. The average molecular weight is 205 g/mol. The predicted octanol–water partition coefficient (Wildman–Crippen LogP) is -0.300. The average Bonchev–Trinajstić information content (AvgIpc) is 2.65. The highest BCUT2D eigenvalue weighted by Crippen LogP contribution is 2.01. The third-order valence-corrected chi connectivity index (χ3v) is 2.21. The number of hydrogen-bond acceptors (Lipinski definition) is 3. The fourth-order valence-electron chi connectivity index (χ4n) is 1.46. The van der Waals surface area contributed by atoms with Gasteiger partial charge in [-0.25, -0.2) is 0 Å². The summed E-state index contributed by atoms with van der Waals surface area (Å²) in [5, 5.41) is 5.39. The summed E-state index contributed by atoms with van der Waals surface area (Å²) < 4.78 is 0. The summed E-state index contributed by atoms with van der Waals surface area (Å²) in [6, 6.07) is 5.02. The summed E-state index contributed by atoms with van der Waals surface area (Å²) in [6.45, 7) is 0.497. The molecule has 2 N–H and O–H groups in total. The standard InChI is InChI=1S/C10H11N3O2/c14-9-5-7(6-12-9)13-10(15)8-3-1-2-4-11-8/h1-4,7H,5-6H2,(H,12,14)(H,13,15). The second-order valence-electron chi connectivity index (χ2n) is 3.39. The van der Waals surface area contributed by atoms with Crippen molar-refractivity contribution in [2.45, 2.75) is 12.5 Å². The Hall–Kier alpha value is -1.91. The Balaban J connectivity index is 1.96. The molecule has 0 spiro atoms. The summed E-state index contributed by atoms with van der Waals surface area (Å²) in [5.74, 6) is -0.265. The molecule has 0 radical (unpaired) electrons. The molecule has 0 aromatic carbocycles. The Morgan fingerprint density at radius 2 is 2.40 bits per heavy atom. The van der Waals surface area contributed by atoms with Gasteiger partial charge in [0.05, 0.1) is 6.04 Å². The topological polar surface area (TPSA) is 71.1 Å². The van der Waals surface area contributed by atoms with E-state index in [0.29, 0.717) is 18.7 Å². The molecule has 2 heterocycles. The van der Waals surface area contributed by atoms with Crippen LogP contribution in [0, 0.1) is 0 Å². The molecule has 0 aliphatic carbocycles. The second-order valence-corrected chi connectivity index (χ2v) is 3.39. The minimum atomic E-state index is -0.239. The van der Waals surface area contributed by atoms with Crippen LogP contribution in [0.4, 0.5) is 0 Å². The van der Waals surface area contributed by atoms with Crippen LogP contribution < -0.4 is 10.6 Å². The maximum Gasteiger partial charge on any atom is 0.270 e. The van der Waals surface area contributed by atoms with Gasteiger partial charge in [0, 0.05) is 19.2 Å². The van der Waals surface area contributed by atoms with Gasteiger partial charge in [-0.1, -0.05) is 6.07 Å². The quantitative estimate of drug-likeness (QED) is 0.696. The molecule has 1 aromatic heterocycles. The third kappa shape index (κ3) is 2.31. The normalized spacial score (nSPS) is 19.7. The Kier molecular flexibility index (Phi) is 2.62. The van der Waals surface area contributed by atoms with Crippen molar-refractivity contribution in [3.05, 3.63) is 30.1 Å². The largest absolute Gasteiger partial charge is 0.354 e. The summed E-state index contributed by atoms with van der Waals surface area (Å²) in [5.41, 5.74) is 0.372. The van der Waals surface area contributed by atoms with Crippen molar-refractivity contribution >= 4 is 11.8 Å². The molecule has 78 valence electrons. The highest BCUT2D eigenvalue weighted by Gasteiger charge is 2.23. The lowest BCUT2D eigenvalue weighted by Crippen LogP contribution is -2.36. The zero-order valence-corrected chi connectivity index (χ0v) is 8.06. The SMILES string of the molecule is O=C1CC(NC(=O)c2ccccn2)CN1. The van der Waals surface area contributed by atoms with Crippen molar-refractivity contribution in [1.29, 1.82) is 0 Å². The Morgan fingerprint density at radius 3 is 3.00 bits per heavy atom. The van der Waals surface area contributed by atoms with E-state index in [2.05, 4.69) is 15.6 Å². The smallest absolute Gasteiger partial charge is 0.270 e. The molecule has 1 aliphatic heterocycles. The predicted molar refractivity (Wildman–Crippen MR) is 53.1 cm³/mol. The lowest BCUT2D eigenvalue weighted by atomic mass is 10.2. The van der Waals surface area contributed by atoms with Crippen molar-refractivity contribution in [1.82, 2.24) is 15.6 Å². The molecule has 5 heteroatoms. The number of nitrogens with zero attached hydrogens (tertiary/aromatic N) is 1. The number of carbonyl (C=O) groups excluding carboxylic acids is 2. The van der Waals surface area contributed by atoms with Gasteiger partial charge >= 0.3 is 0 Å². The first kappa shape index (κ1) is 9.64. The minimum absolute atomic E-state index is 0.0266. The Morgan fingerprint density at radius 1 is 1.53 bits per heavy atom. The number of nitrogens with one attached hydrogen (secondary N) is 2. The highest BCUT2D eigenvalue weighted by molar-refractivity contribution is 5.93. The molecule has 1 aliphatic rings. The van der Waals surface area contributed by atoms with Gasteiger partial charge in [0.2, 0.25) is 5.91 Å². The molecule has 15 heavy (non-hydrogen) atoms. The van der Waals surface area contributed by atoms with E-state index in [0.717, 1.165) is 0 Å². The van der Waals surface area contributed by atoms with Gasteiger partial charge in [0.15, 0.2) is 0 Å². The summed E-state index contributed by atoms with van der Waals surface area (Å²) >= 11 is 0. The monoisotopic (exact) mass is 205 g/mol. The van der Waals surface area contributed by atoms with Crippen molar-refractivity contribution < 1.29 is 9.59 Å². The van der Waals surface area contributed by atoms with E-state index >= 15 is 0 Å². The molecular weight excluding hydrogens is 194 g/mol. The summed E-state index contributed by atoms with van der Waals surface area (Å²) in [4.78, 5) is 26.4. The van der Waals surface area contributed by atoms with E-state index in [1.54, 1.807) is 24.4 Å². The number of aromatic nitrogens is 1. The van der Waals surface area contributed by atoms with Gasteiger partial charge in [-0.2, -0.15) is 0 Å². The lowest BCUT2D eigenvalue weighted by Gasteiger charge is -2.09. The van der Waals surface area contributed by atoms with Crippen LogP contribution in [-0.4, -0.2) is 29.4 Å². The number of pyridine rings is 1. The minimum Gasteiger partial charge on any atom is -0.354 e. The van der Waals surface area contributed by atoms with E-state index in [1.807, 2.05) is 0 Å². The zero-order chi connectivity index (χ0) is 10.7. The number of rotatable bonds is 2. The fourth-order valence-corrected chi connectivity index (χ4v) is 1.46. The molecule has 1 atom stereocenters. The Bertz CT molecular complexity index is 378. The molecule has 1 aromatic rings. The van der Waals surface area contributed by atoms with Gasteiger partial charge in [-0.3, -0.25) is 14.6 Å². The fraction of sp³-hybridized carbons (Fsp3) is 0.300. The molecule has 0 bridgehead atoms. The van der Waals surface area contributed by atoms with Crippen LogP contribution in [0.2, 0.25) is 0 Å². The third-order valence-electron chi connectivity index (χ3n) is 2.21. The van der Waals surface area contributed by atoms with Gasteiger partial charge in [-0.15, -0.1) is 0 Å². The van der Waals surface area contributed by atoms with Crippen LogP contribution in [0.15, 0.2) is 24.4 Å². The molecule has 0 saturated carbocycles. The molecule has 2 rings (SSSR count). The summed E-state index contributed by atoms with van der Waals surface area (Å²) in [7, 11) is 0. The zero-order valence-electron chi connectivity index (χ0n) is 8.06. The van der Waals surface area contributed by atoms with Gasteiger partial charge in [0.25, 0.3) is 5.91 Å². The lowest BCUT2D eigenvalue weighted by molar-refractivity contribution is -0.119. The highest BCUT2D eigenvalue weighted by atomic mass is 16.2. The van der Waals surface area contributed by atoms with Gasteiger partial charge in [-0.05, 0) is 12.1 Å². The van der Waals surface area contributed by atoms with E-state index in [-0.39, 0.29) is 17.9 Å². The Labute approximate surface area is 86.9 Å². The maximum atomic E-state index is 11.6. The van der Waals surface area contributed by atoms with Gasteiger partial charge < -0.3 is 10.6 Å². The van der Waals surface area contributed by atoms with Crippen molar-refractivity contribution in [3.63, 3.8) is 0 Å². The first-order valence-electron chi connectivity index (χ1n) is 4.74. The van der Waals surface area contributed by atoms with Crippen molar-refractivity contribution in [2.75, 3.05) is 6.54 Å². The van der Waals surface area contributed by atoms with Crippen LogP contribution in [0.25, 0.3) is 0 Å². The van der Waals surface area contributed by atoms with Crippen molar-refractivity contribution in [3.8, 4) is 0 Å². The number of amides is 2. The molecule has 2 amide bonds. The molecule has 1 fully saturated rings. The van der Waals surface area contributed by atoms with Crippen LogP contribution in [0.1, 0.15) is 16.9 Å². The maximum absolute atomic E-state index is 11.6.